The molecule has 0 saturated heterocycles. The lowest BCUT2D eigenvalue weighted by Crippen LogP contribution is -2.23. The molecule has 3 heterocycles. The van der Waals surface area contributed by atoms with Gasteiger partial charge in [-0.25, -0.2) is 4.98 Å². The van der Waals surface area contributed by atoms with Gasteiger partial charge in [-0.05, 0) is 30.2 Å². The monoisotopic (exact) mass is 402 g/mol. The number of halogens is 1. The Labute approximate surface area is 170 Å². The zero-order chi connectivity index (χ0) is 20.0. The van der Waals surface area contributed by atoms with Gasteiger partial charge in [-0.15, -0.1) is 10.2 Å². The fraction of sp³-hybridized carbons (Fsp3) is 0.0952. The van der Waals surface area contributed by atoms with Crippen LogP contribution in [0.25, 0.3) is 27.9 Å². The quantitative estimate of drug-likeness (QED) is 0.461. The highest BCUT2D eigenvalue weighted by atomic mass is 35.5. The Hall–Kier alpha value is -3.58. The highest BCUT2D eigenvalue weighted by Crippen LogP contribution is 2.25. The van der Waals surface area contributed by atoms with Crippen molar-refractivity contribution in [3.05, 3.63) is 87.6 Å². The summed E-state index contributed by atoms with van der Waals surface area (Å²) >= 11 is 5.97. The van der Waals surface area contributed by atoms with Crippen molar-refractivity contribution in [1.29, 1.82) is 0 Å². The molecular weight excluding hydrogens is 388 g/mol. The molecule has 0 saturated carbocycles. The first kappa shape index (κ1) is 17.5. The molecule has 142 valence electrons. The highest BCUT2D eigenvalue weighted by molar-refractivity contribution is 6.30. The van der Waals surface area contributed by atoms with E-state index in [0.29, 0.717) is 22.9 Å². The van der Waals surface area contributed by atoms with E-state index in [2.05, 4.69) is 20.3 Å². The zero-order valence-electron chi connectivity index (χ0n) is 15.5. The van der Waals surface area contributed by atoms with E-state index in [0.717, 1.165) is 16.7 Å². The maximum atomic E-state index is 12.9. The number of benzene rings is 2. The summed E-state index contributed by atoms with van der Waals surface area (Å²) in [6.45, 7) is 2.44. The van der Waals surface area contributed by atoms with Crippen LogP contribution in [0.2, 0.25) is 5.02 Å². The highest BCUT2D eigenvalue weighted by Gasteiger charge is 2.15. The van der Waals surface area contributed by atoms with Gasteiger partial charge in [0.25, 0.3) is 5.56 Å². The van der Waals surface area contributed by atoms with Crippen molar-refractivity contribution in [2.45, 2.75) is 13.5 Å². The summed E-state index contributed by atoms with van der Waals surface area (Å²) in [5.74, 6) is 0. The average molecular weight is 403 g/mol. The average Bonchev–Trinajstić information content (AvgIpc) is 3.17. The molecule has 0 atom stereocenters. The molecule has 0 aliphatic rings. The number of nitrogens with zero attached hydrogens (tertiary/aromatic N) is 6. The normalized spacial score (nSPS) is 11.4. The first-order valence-corrected chi connectivity index (χ1v) is 9.39. The van der Waals surface area contributed by atoms with Gasteiger partial charge in [0, 0.05) is 10.6 Å². The minimum atomic E-state index is -0.256. The summed E-state index contributed by atoms with van der Waals surface area (Å²) in [5, 5.41) is 13.5. The summed E-state index contributed by atoms with van der Waals surface area (Å²) in [6.07, 6.45) is 3.21. The van der Waals surface area contributed by atoms with Crippen molar-refractivity contribution in [3.63, 3.8) is 0 Å². The summed E-state index contributed by atoms with van der Waals surface area (Å²) in [7, 11) is 0. The SMILES string of the molecule is Cc1ccc(Cn2cnc3c(nnc4c(-c5ccc(Cl)cc5)cnn43)c2=O)cc1. The second-order valence-corrected chi connectivity index (χ2v) is 7.27. The van der Waals surface area contributed by atoms with Crippen LogP contribution in [-0.4, -0.2) is 29.4 Å². The fourth-order valence-electron chi connectivity index (χ4n) is 3.24. The van der Waals surface area contributed by atoms with Crippen molar-refractivity contribution in [3.8, 4) is 11.1 Å². The Morgan fingerprint density at radius 1 is 0.966 bits per heavy atom. The van der Waals surface area contributed by atoms with Crippen LogP contribution < -0.4 is 5.56 Å². The van der Waals surface area contributed by atoms with Crippen LogP contribution in [0.5, 0.6) is 0 Å². The molecule has 5 aromatic rings. The smallest absolute Gasteiger partial charge is 0.283 e. The second-order valence-electron chi connectivity index (χ2n) is 6.84. The van der Waals surface area contributed by atoms with E-state index in [4.69, 9.17) is 11.6 Å². The molecule has 8 heteroatoms. The molecule has 0 unspecified atom stereocenters. The number of hydrogen-bond acceptors (Lipinski definition) is 5. The Morgan fingerprint density at radius 3 is 2.48 bits per heavy atom. The van der Waals surface area contributed by atoms with Gasteiger partial charge >= 0.3 is 0 Å². The largest absolute Gasteiger partial charge is 0.293 e. The third-order valence-corrected chi connectivity index (χ3v) is 5.06. The van der Waals surface area contributed by atoms with Gasteiger partial charge in [0.05, 0.1) is 12.7 Å². The molecule has 0 spiro atoms. The van der Waals surface area contributed by atoms with Gasteiger partial charge in [-0.2, -0.15) is 9.61 Å². The van der Waals surface area contributed by atoms with Crippen LogP contribution in [0.4, 0.5) is 0 Å². The van der Waals surface area contributed by atoms with Gasteiger partial charge < -0.3 is 0 Å². The van der Waals surface area contributed by atoms with Gasteiger partial charge in [0.2, 0.25) is 0 Å². The molecule has 0 aliphatic carbocycles. The number of aromatic nitrogens is 6. The van der Waals surface area contributed by atoms with E-state index in [1.165, 1.54) is 16.5 Å². The third-order valence-electron chi connectivity index (χ3n) is 4.81. The van der Waals surface area contributed by atoms with E-state index in [1.54, 1.807) is 22.8 Å². The van der Waals surface area contributed by atoms with Crippen molar-refractivity contribution < 1.29 is 0 Å². The number of hydrogen-bond donors (Lipinski definition) is 0. The molecule has 5 rings (SSSR count). The zero-order valence-corrected chi connectivity index (χ0v) is 16.2. The first-order chi connectivity index (χ1) is 14.1. The predicted molar refractivity (Wildman–Crippen MR) is 111 cm³/mol. The maximum Gasteiger partial charge on any atom is 0.283 e. The van der Waals surface area contributed by atoms with E-state index in [1.807, 2.05) is 43.3 Å². The van der Waals surface area contributed by atoms with Gasteiger partial charge in [-0.1, -0.05) is 53.6 Å². The molecule has 0 radical (unpaired) electrons. The lowest BCUT2D eigenvalue weighted by molar-refractivity contribution is 0.737. The molecular formula is C21H15ClN6O. The standard InChI is InChI=1S/C21H15ClN6O/c1-13-2-4-14(5-3-13)11-27-12-23-20-18(21(27)29)25-26-19-17(10-24-28(19)20)15-6-8-16(22)9-7-15/h2-10,12H,11H2,1H3. The molecule has 0 N–H and O–H groups in total. The minimum absolute atomic E-state index is 0.179. The molecule has 0 bridgehead atoms. The van der Waals surface area contributed by atoms with E-state index in [9.17, 15) is 4.79 Å². The van der Waals surface area contributed by atoms with Gasteiger partial charge in [0.1, 0.15) is 6.33 Å². The number of rotatable bonds is 3. The molecule has 0 amide bonds. The summed E-state index contributed by atoms with van der Waals surface area (Å²) < 4.78 is 3.07. The van der Waals surface area contributed by atoms with Crippen LogP contribution in [0.3, 0.4) is 0 Å². The number of aryl methyl sites for hydroxylation is 1. The van der Waals surface area contributed by atoms with Crippen molar-refractivity contribution in [2.24, 2.45) is 0 Å². The Balaban J connectivity index is 1.61. The molecule has 29 heavy (non-hydrogen) atoms. The molecule has 0 fully saturated rings. The topological polar surface area (TPSA) is 78.0 Å². The lowest BCUT2D eigenvalue weighted by atomic mass is 10.1. The minimum Gasteiger partial charge on any atom is -0.293 e. The Morgan fingerprint density at radius 2 is 1.72 bits per heavy atom. The number of fused-ring (bicyclic) bond motifs is 3. The van der Waals surface area contributed by atoms with Crippen molar-refractivity contribution in [2.75, 3.05) is 0 Å². The third kappa shape index (κ3) is 3.05. The maximum absolute atomic E-state index is 12.9. The van der Waals surface area contributed by atoms with E-state index in [-0.39, 0.29) is 11.1 Å². The Kier molecular flexibility index (Phi) is 4.10. The van der Waals surface area contributed by atoms with Crippen molar-refractivity contribution in [1.82, 2.24) is 29.4 Å². The van der Waals surface area contributed by atoms with E-state index < -0.39 is 0 Å². The summed E-state index contributed by atoms with van der Waals surface area (Å²) in [4.78, 5) is 17.4. The fourth-order valence-corrected chi connectivity index (χ4v) is 3.36. The van der Waals surface area contributed by atoms with Crippen LogP contribution in [-0.2, 0) is 6.54 Å². The lowest BCUT2D eigenvalue weighted by Gasteiger charge is -2.07. The molecule has 0 aliphatic heterocycles. The molecule has 7 nitrogen and oxygen atoms in total. The van der Waals surface area contributed by atoms with Gasteiger partial charge in [-0.3, -0.25) is 9.36 Å². The second kappa shape index (κ2) is 6.79. The van der Waals surface area contributed by atoms with Crippen LogP contribution in [0.15, 0.2) is 65.8 Å². The molecule has 2 aromatic carbocycles. The van der Waals surface area contributed by atoms with E-state index >= 15 is 0 Å². The Bertz CT molecular complexity index is 1400. The first-order valence-electron chi connectivity index (χ1n) is 9.01. The van der Waals surface area contributed by atoms with Crippen LogP contribution >= 0.6 is 11.6 Å². The summed E-state index contributed by atoms with van der Waals surface area (Å²) in [6, 6.07) is 15.4. The summed E-state index contributed by atoms with van der Waals surface area (Å²) in [5.41, 5.74) is 4.71. The molecule has 3 aromatic heterocycles. The van der Waals surface area contributed by atoms with Crippen LogP contribution in [0, 0.1) is 6.92 Å². The van der Waals surface area contributed by atoms with Crippen molar-refractivity contribution >= 4 is 28.4 Å². The van der Waals surface area contributed by atoms with Crippen LogP contribution in [0.1, 0.15) is 11.1 Å². The predicted octanol–water partition coefficient (Wildman–Crippen LogP) is 3.51. The van der Waals surface area contributed by atoms with Gasteiger partial charge in [0.15, 0.2) is 16.8 Å².